The number of aromatic nitrogens is 1. The highest BCUT2D eigenvalue weighted by Crippen LogP contribution is 2.27. The number of amides is 1. The Bertz CT molecular complexity index is 604. The van der Waals surface area contributed by atoms with Gasteiger partial charge in [-0.1, -0.05) is 23.5 Å². The molecule has 1 unspecified atom stereocenters. The number of hydrogen-bond donors (Lipinski definition) is 1. The number of benzene rings is 1. The molecular weight excluding hydrogens is 298 g/mol. The lowest BCUT2D eigenvalue weighted by Crippen LogP contribution is -2.39. The van der Waals surface area contributed by atoms with Crippen LogP contribution in [0.5, 0.6) is 0 Å². The van der Waals surface area contributed by atoms with Crippen LogP contribution in [0.15, 0.2) is 24.3 Å². The van der Waals surface area contributed by atoms with E-state index >= 15 is 0 Å². The van der Waals surface area contributed by atoms with E-state index in [1.807, 2.05) is 36.2 Å². The van der Waals surface area contributed by atoms with Gasteiger partial charge in [0.05, 0.1) is 23.4 Å². The number of hydrogen-bond acceptors (Lipinski definition) is 5. The molecule has 0 bridgehead atoms. The molecule has 118 valence electrons. The first-order chi connectivity index (χ1) is 10.7. The molecule has 0 radical (unpaired) electrons. The fourth-order valence-corrected chi connectivity index (χ4v) is 3.51. The van der Waals surface area contributed by atoms with Crippen molar-refractivity contribution in [2.75, 3.05) is 38.3 Å². The Morgan fingerprint density at radius 1 is 1.50 bits per heavy atom. The normalized spacial score (nSPS) is 18.3. The van der Waals surface area contributed by atoms with Crippen molar-refractivity contribution in [3.05, 3.63) is 24.3 Å². The van der Waals surface area contributed by atoms with Gasteiger partial charge in [0.1, 0.15) is 0 Å². The molecule has 1 aliphatic rings. The monoisotopic (exact) mass is 319 g/mol. The lowest BCUT2D eigenvalue weighted by Gasteiger charge is -2.23. The maximum Gasteiger partial charge on any atom is 0.239 e. The lowest BCUT2D eigenvalue weighted by molar-refractivity contribution is -0.120. The number of rotatable bonds is 5. The Kier molecular flexibility index (Phi) is 4.90. The third-order valence-corrected chi connectivity index (χ3v) is 4.98. The number of carbonyl (C=O) groups excluding carboxylic acids is 1. The van der Waals surface area contributed by atoms with Crippen LogP contribution in [-0.4, -0.2) is 44.2 Å². The average molecular weight is 319 g/mol. The molecular formula is C16H21N3O2S. The highest BCUT2D eigenvalue weighted by Gasteiger charge is 2.16. The summed E-state index contributed by atoms with van der Waals surface area (Å²) in [5.41, 5.74) is 0.981. The fourth-order valence-electron chi connectivity index (χ4n) is 2.59. The van der Waals surface area contributed by atoms with Gasteiger partial charge >= 0.3 is 0 Å². The van der Waals surface area contributed by atoms with Crippen molar-refractivity contribution in [3.63, 3.8) is 0 Å². The molecule has 5 nitrogen and oxygen atoms in total. The number of nitrogens with one attached hydrogen (secondary N) is 1. The molecule has 1 aliphatic heterocycles. The zero-order valence-electron chi connectivity index (χ0n) is 12.7. The zero-order chi connectivity index (χ0) is 15.4. The quantitative estimate of drug-likeness (QED) is 0.918. The molecule has 1 aromatic heterocycles. The Morgan fingerprint density at radius 3 is 3.14 bits per heavy atom. The van der Waals surface area contributed by atoms with E-state index in [1.165, 1.54) is 0 Å². The smallest absolute Gasteiger partial charge is 0.239 e. The van der Waals surface area contributed by atoms with Crippen molar-refractivity contribution in [3.8, 4) is 0 Å². The van der Waals surface area contributed by atoms with Crippen LogP contribution in [-0.2, 0) is 9.53 Å². The van der Waals surface area contributed by atoms with Gasteiger partial charge < -0.3 is 15.0 Å². The Balaban J connectivity index is 1.51. The molecule has 1 saturated heterocycles. The number of fused-ring (bicyclic) bond motifs is 1. The molecule has 2 aromatic rings. The molecule has 0 aliphatic carbocycles. The number of nitrogens with zero attached hydrogens (tertiary/aromatic N) is 2. The van der Waals surface area contributed by atoms with E-state index < -0.39 is 0 Å². The minimum absolute atomic E-state index is 0.0346. The first kappa shape index (κ1) is 15.2. The predicted octanol–water partition coefficient (Wildman–Crippen LogP) is 2.28. The van der Waals surface area contributed by atoms with Crippen molar-refractivity contribution in [2.45, 2.75) is 12.8 Å². The molecule has 1 atom stereocenters. The second-order valence-electron chi connectivity index (χ2n) is 5.71. The van der Waals surface area contributed by atoms with Crippen LogP contribution in [0.1, 0.15) is 12.8 Å². The van der Waals surface area contributed by atoms with Gasteiger partial charge in [-0.05, 0) is 30.9 Å². The number of ether oxygens (including phenoxy) is 1. The van der Waals surface area contributed by atoms with Crippen LogP contribution in [0.2, 0.25) is 0 Å². The summed E-state index contributed by atoms with van der Waals surface area (Å²) in [6.45, 7) is 2.64. The summed E-state index contributed by atoms with van der Waals surface area (Å²) in [4.78, 5) is 18.5. The lowest BCUT2D eigenvalue weighted by atomic mass is 10.0. The minimum Gasteiger partial charge on any atom is -0.381 e. The van der Waals surface area contributed by atoms with E-state index in [0.29, 0.717) is 19.0 Å². The van der Waals surface area contributed by atoms with Gasteiger partial charge in [-0.15, -0.1) is 0 Å². The van der Waals surface area contributed by atoms with Gasteiger partial charge in [0, 0.05) is 20.2 Å². The molecule has 2 heterocycles. The van der Waals surface area contributed by atoms with E-state index in [-0.39, 0.29) is 5.91 Å². The maximum atomic E-state index is 12.1. The third kappa shape index (κ3) is 3.75. The summed E-state index contributed by atoms with van der Waals surface area (Å²) in [5, 5.41) is 3.88. The summed E-state index contributed by atoms with van der Waals surface area (Å²) in [5.74, 6) is 0.484. The fraction of sp³-hybridized carbons (Fsp3) is 0.500. The zero-order valence-corrected chi connectivity index (χ0v) is 13.6. The molecule has 3 rings (SSSR count). The van der Waals surface area contributed by atoms with Gasteiger partial charge in [-0.2, -0.15) is 0 Å². The van der Waals surface area contributed by atoms with Crippen LogP contribution < -0.4 is 10.2 Å². The number of anilines is 1. The molecule has 22 heavy (non-hydrogen) atoms. The van der Waals surface area contributed by atoms with Gasteiger partial charge in [0.2, 0.25) is 5.91 Å². The number of thiazole rings is 1. The van der Waals surface area contributed by atoms with Crippen LogP contribution in [0.3, 0.4) is 0 Å². The van der Waals surface area contributed by atoms with Crippen molar-refractivity contribution in [2.24, 2.45) is 5.92 Å². The Hall–Kier alpha value is -1.66. The molecule has 1 amide bonds. The van der Waals surface area contributed by atoms with Gasteiger partial charge in [-0.3, -0.25) is 4.79 Å². The second kappa shape index (κ2) is 7.07. The second-order valence-corrected chi connectivity index (χ2v) is 6.72. The molecule has 1 aromatic carbocycles. The number of para-hydroxylation sites is 1. The summed E-state index contributed by atoms with van der Waals surface area (Å²) in [6, 6.07) is 8.02. The number of likely N-dealkylation sites (N-methyl/N-ethyl adjacent to an activating group) is 1. The Labute approximate surface area is 134 Å². The molecule has 0 saturated carbocycles. The van der Waals surface area contributed by atoms with E-state index in [2.05, 4.69) is 10.3 Å². The van der Waals surface area contributed by atoms with Gasteiger partial charge in [-0.25, -0.2) is 4.98 Å². The first-order valence-electron chi connectivity index (χ1n) is 7.63. The van der Waals surface area contributed by atoms with Crippen LogP contribution >= 0.6 is 11.3 Å². The maximum absolute atomic E-state index is 12.1. The highest BCUT2D eigenvalue weighted by molar-refractivity contribution is 7.22. The van der Waals surface area contributed by atoms with Crippen molar-refractivity contribution >= 4 is 32.6 Å². The topological polar surface area (TPSA) is 54.5 Å². The van der Waals surface area contributed by atoms with Gasteiger partial charge in [0.25, 0.3) is 0 Å². The van der Waals surface area contributed by atoms with Crippen molar-refractivity contribution in [1.29, 1.82) is 0 Å². The third-order valence-electron chi connectivity index (χ3n) is 3.83. The summed E-state index contributed by atoms with van der Waals surface area (Å²) >= 11 is 1.61. The standard InChI is InChI=1S/C16H21N3O2S/c1-19(16-18-13-6-2-3-7-14(13)22-16)10-15(20)17-9-12-5-4-8-21-11-12/h2-3,6-7,12H,4-5,8-11H2,1H3,(H,17,20). The van der Waals surface area contributed by atoms with Gasteiger partial charge in [0.15, 0.2) is 5.13 Å². The number of carbonyl (C=O) groups is 1. The molecule has 0 spiro atoms. The summed E-state index contributed by atoms with van der Waals surface area (Å²) in [6.07, 6.45) is 2.22. The average Bonchev–Trinajstić information content (AvgIpc) is 2.98. The van der Waals surface area contributed by atoms with Crippen molar-refractivity contribution in [1.82, 2.24) is 10.3 Å². The van der Waals surface area contributed by atoms with E-state index in [0.717, 1.165) is 41.4 Å². The molecule has 1 N–H and O–H groups in total. The van der Waals surface area contributed by atoms with Crippen LogP contribution in [0.25, 0.3) is 10.2 Å². The first-order valence-corrected chi connectivity index (χ1v) is 8.45. The largest absolute Gasteiger partial charge is 0.381 e. The molecule has 1 fully saturated rings. The highest BCUT2D eigenvalue weighted by atomic mass is 32.1. The SMILES string of the molecule is CN(CC(=O)NCC1CCCOC1)c1nc2ccccc2s1. The predicted molar refractivity (Wildman–Crippen MR) is 89.4 cm³/mol. The molecule has 6 heteroatoms. The van der Waals surface area contributed by atoms with Crippen molar-refractivity contribution < 1.29 is 9.53 Å². The Morgan fingerprint density at radius 2 is 2.36 bits per heavy atom. The van der Waals surface area contributed by atoms with E-state index in [4.69, 9.17) is 4.74 Å². The minimum atomic E-state index is 0.0346. The van der Waals surface area contributed by atoms with E-state index in [9.17, 15) is 4.79 Å². The summed E-state index contributed by atoms with van der Waals surface area (Å²) in [7, 11) is 1.90. The van der Waals surface area contributed by atoms with E-state index in [1.54, 1.807) is 11.3 Å². The summed E-state index contributed by atoms with van der Waals surface area (Å²) < 4.78 is 6.57. The van der Waals surface area contributed by atoms with Crippen LogP contribution in [0.4, 0.5) is 5.13 Å². The van der Waals surface area contributed by atoms with Crippen LogP contribution in [0, 0.1) is 5.92 Å².